The van der Waals surface area contributed by atoms with Crippen molar-refractivity contribution in [2.24, 2.45) is 0 Å². The van der Waals surface area contributed by atoms with Crippen LogP contribution in [0.25, 0.3) is 0 Å². The Morgan fingerprint density at radius 1 is 1.16 bits per heavy atom. The molecule has 0 bridgehead atoms. The van der Waals surface area contributed by atoms with E-state index in [0.717, 1.165) is 5.56 Å². The number of halogens is 4. The van der Waals surface area contributed by atoms with Crippen LogP contribution in [0.5, 0.6) is 0 Å². The normalized spacial score (nSPS) is 14.3. The van der Waals surface area contributed by atoms with Gasteiger partial charge in [0, 0.05) is 5.56 Å². The lowest BCUT2D eigenvalue weighted by atomic mass is 9.86. The third kappa shape index (κ3) is 5.18. The molecule has 19 heavy (non-hydrogen) atoms. The number of carbonyl (C=O) groups is 1. The van der Waals surface area contributed by atoms with Crippen LogP contribution in [-0.2, 0) is 5.41 Å². The lowest BCUT2D eigenvalue weighted by Gasteiger charge is -2.19. The van der Waals surface area contributed by atoms with Crippen LogP contribution in [0, 0.1) is 0 Å². The van der Waals surface area contributed by atoms with Gasteiger partial charge < -0.3 is 0 Å². The fourth-order valence-electron chi connectivity index (χ4n) is 1.44. The number of carbonyl (C=O) groups excluding carboxylic acids is 1. The number of hydrogen-bond acceptors (Lipinski definition) is 2. The number of ketones is 1. The third-order valence-corrected chi connectivity index (χ3v) is 4.14. The van der Waals surface area contributed by atoms with Gasteiger partial charge in [-0.15, -0.1) is 0 Å². The number of thioether (sulfide) groups is 1. The molecule has 0 aliphatic rings. The minimum absolute atomic E-state index is 0.0594. The summed E-state index contributed by atoms with van der Waals surface area (Å²) in [5.41, 5.74) is -3.20. The average Bonchev–Trinajstić information content (AvgIpc) is 2.24. The van der Waals surface area contributed by atoms with Crippen LogP contribution in [0.2, 0.25) is 0 Å². The predicted molar refractivity (Wildman–Crippen MR) is 75.8 cm³/mol. The zero-order valence-electron chi connectivity index (χ0n) is 10.7. The van der Waals surface area contributed by atoms with Gasteiger partial charge >= 0.3 is 5.51 Å². The van der Waals surface area contributed by atoms with Crippen molar-refractivity contribution < 1.29 is 18.0 Å². The first kappa shape index (κ1) is 16.6. The Kier molecular flexibility index (Phi) is 5.12. The van der Waals surface area contributed by atoms with Gasteiger partial charge in [-0.2, -0.15) is 13.2 Å². The second-order valence-electron chi connectivity index (χ2n) is 5.07. The monoisotopic (exact) mass is 354 g/mol. The quantitative estimate of drug-likeness (QED) is 0.552. The minimum atomic E-state index is -4.44. The molecule has 0 aromatic heterocycles. The Morgan fingerprint density at radius 2 is 1.63 bits per heavy atom. The lowest BCUT2D eigenvalue weighted by Crippen LogP contribution is -2.17. The molecule has 0 heterocycles. The molecular formula is C13H14BrF3OS. The SMILES string of the molecule is CC(C)(C)c1ccc(C(=O)C(Br)SC(F)(F)F)cc1. The van der Waals surface area contributed by atoms with E-state index < -0.39 is 15.5 Å². The fourth-order valence-corrected chi connectivity index (χ4v) is 2.81. The second-order valence-corrected chi connectivity index (χ2v) is 7.76. The van der Waals surface area contributed by atoms with Crippen LogP contribution in [0.3, 0.4) is 0 Å². The Morgan fingerprint density at radius 3 is 2.00 bits per heavy atom. The van der Waals surface area contributed by atoms with E-state index in [0.29, 0.717) is 0 Å². The molecule has 1 rings (SSSR count). The Hall–Kier alpha value is -0.490. The molecule has 1 aromatic rings. The van der Waals surface area contributed by atoms with Crippen molar-refractivity contribution in [3.05, 3.63) is 35.4 Å². The van der Waals surface area contributed by atoms with E-state index in [2.05, 4.69) is 15.9 Å². The number of rotatable bonds is 3. The van der Waals surface area contributed by atoms with Crippen molar-refractivity contribution in [3.63, 3.8) is 0 Å². The van der Waals surface area contributed by atoms with E-state index in [1.807, 2.05) is 20.8 Å². The van der Waals surface area contributed by atoms with Gasteiger partial charge in [0.25, 0.3) is 0 Å². The summed E-state index contributed by atoms with van der Waals surface area (Å²) < 4.78 is 35.2. The number of alkyl halides is 4. The summed E-state index contributed by atoms with van der Waals surface area (Å²) in [6.07, 6.45) is 0. The van der Waals surface area contributed by atoms with Crippen LogP contribution < -0.4 is 0 Å². The number of hydrogen-bond donors (Lipinski definition) is 0. The molecule has 0 amide bonds. The van der Waals surface area contributed by atoms with Gasteiger partial charge in [0.2, 0.25) is 0 Å². The molecule has 0 radical (unpaired) electrons. The topological polar surface area (TPSA) is 17.1 Å². The molecule has 0 aliphatic heterocycles. The summed E-state index contributed by atoms with van der Waals surface area (Å²) in [6, 6.07) is 6.67. The number of Topliss-reactive ketones (excluding diaryl/α,β-unsaturated/α-hetero) is 1. The highest BCUT2D eigenvalue weighted by Gasteiger charge is 2.35. The molecule has 106 valence electrons. The molecule has 0 N–H and O–H groups in total. The summed E-state index contributed by atoms with van der Waals surface area (Å²) in [5.74, 6) is -0.581. The highest BCUT2D eigenvalue weighted by Crippen LogP contribution is 2.38. The van der Waals surface area contributed by atoms with Crippen LogP contribution in [0.1, 0.15) is 36.7 Å². The summed E-state index contributed by atoms with van der Waals surface area (Å²) in [5, 5.41) is 0. The van der Waals surface area contributed by atoms with Gasteiger partial charge in [-0.1, -0.05) is 61.0 Å². The minimum Gasteiger partial charge on any atom is -0.292 e. The molecule has 0 saturated carbocycles. The van der Waals surface area contributed by atoms with Crippen molar-refractivity contribution in [3.8, 4) is 0 Å². The summed E-state index contributed by atoms with van der Waals surface area (Å²) >= 11 is 2.40. The van der Waals surface area contributed by atoms with Gasteiger partial charge in [0.05, 0.1) is 0 Å². The molecule has 1 atom stereocenters. The van der Waals surface area contributed by atoms with E-state index >= 15 is 0 Å². The highest BCUT2D eigenvalue weighted by molar-refractivity contribution is 9.11. The van der Waals surface area contributed by atoms with E-state index in [1.54, 1.807) is 24.3 Å². The van der Waals surface area contributed by atoms with E-state index in [4.69, 9.17) is 0 Å². The highest BCUT2D eigenvalue weighted by atomic mass is 79.9. The van der Waals surface area contributed by atoms with Crippen LogP contribution in [0.4, 0.5) is 13.2 Å². The maximum absolute atomic E-state index is 12.2. The maximum atomic E-state index is 12.2. The summed E-state index contributed by atoms with van der Waals surface area (Å²) in [6.45, 7) is 6.07. The van der Waals surface area contributed by atoms with Crippen LogP contribution in [-0.4, -0.2) is 15.5 Å². The maximum Gasteiger partial charge on any atom is 0.443 e. The molecule has 0 fully saturated rings. The van der Waals surface area contributed by atoms with Crippen molar-refractivity contribution in [2.45, 2.75) is 35.9 Å². The average molecular weight is 355 g/mol. The molecule has 0 aliphatic carbocycles. The summed E-state index contributed by atoms with van der Waals surface area (Å²) in [7, 11) is 0. The van der Waals surface area contributed by atoms with Crippen molar-refractivity contribution >= 4 is 33.5 Å². The van der Waals surface area contributed by atoms with Crippen LogP contribution >= 0.6 is 27.7 Å². The molecular weight excluding hydrogens is 341 g/mol. The van der Waals surface area contributed by atoms with Gasteiger partial charge in [0.1, 0.15) is 4.16 Å². The Labute approximate surface area is 123 Å². The van der Waals surface area contributed by atoms with Gasteiger partial charge in [-0.3, -0.25) is 4.79 Å². The van der Waals surface area contributed by atoms with Crippen LogP contribution in [0.15, 0.2) is 24.3 Å². The van der Waals surface area contributed by atoms with Crippen molar-refractivity contribution in [1.82, 2.24) is 0 Å². The third-order valence-electron chi connectivity index (χ3n) is 2.48. The first-order valence-corrected chi connectivity index (χ1v) is 7.33. The largest absolute Gasteiger partial charge is 0.443 e. The zero-order valence-corrected chi connectivity index (χ0v) is 13.1. The first-order valence-electron chi connectivity index (χ1n) is 5.54. The van der Waals surface area contributed by atoms with Gasteiger partial charge in [0.15, 0.2) is 5.78 Å². The molecule has 1 unspecified atom stereocenters. The number of benzene rings is 1. The molecule has 6 heteroatoms. The van der Waals surface area contributed by atoms with Gasteiger partial charge in [-0.05, 0) is 22.7 Å². The summed E-state index contributed by atoms with van der Waals surface area (Å²) in [4.78, 5) is 11.8. The second kappa shape index (κ2) is 5.87. The van der Waals surface area contributed by atoms with E-state index in [1.165, 1.54) is 0 Å². The smallest absolute Gasteiger partial charge is 0.292 e. The Balaban J connectivity index is 2.84. The van der Waals surface area contributed by atoms with E-state index in [9.17, 15) is 18.0 Å². The van der Waals surface area contributed by atoms with Crippen molar-refractivity contribution in [1.29, 1.82) is 0 Å². The lowest BCUT2D eigenvalue weighted by molar-refractivity contribution is -0.0328. The molecule has 1 aromatic carbocycles. The molecule has 0 saturated heterocycles. The van der Waals surface area contributed by atoms with Gasteiger partial charge in [-0.25, -0.2) is 0 Å². The Bertz CT molecular complexity index is 448. The fraction of sp³-hybridized carbons (Fsp3) is 0.462. The zero-order chi connectivity index (χ0) is 14.8. The predicted octanol–water partition coefficient (Wildman–Crippen LogP) is 5.14. The molecule has 1 nitrogen and oxygen atoms in total. The standard InChI is InChI=1S/C13H14BrF3OS/c1-12(2,3)9-6-4-8(5-7-9)10(18)11(14)19-13(15,16)17/h4-7,11H,1-3H3. The van der Waals surface area contributed by atoms with E-state index in [-0.39, 0.29) is 22.7 Å². The first-order chi connectivity index (χ1) is 8.50. The molecule has 0 spiro atoms. The van der Waals surface area contributed by atoms with Crippen molar-refractivity contribution in [2.75, 3.05) is 0 Å².